The van der Waals surface area contributed by atoms with Crippen molar-refractivity contribution in [3.05, 3.63) is 29.8 Å². The summed E-state index contributed by atoms with van der Waals surface area (Å²) in [5.41, 5.74) is 1.99. The maximum atomic E-state index is 13.1. The molecule has 2 heterocycles. The largest absolute Gasteiger partial charge is 0.334 e. The van der Waals surface area contributed by atoms with Gasteiger partial charge in [0.25, 0.3) is 0 Å². The average Bonchev–Trinajstić information content (AvgIpc) is 3.38. The van der Waals surface area contributed by atoms with Crippen LogP contribution in [0.15, 0.2) is 24.3 Å². The number of aryl methyl sites for hydroxylation is 1. The lowest BCUT2D eigenvalue weighted by Crippen LogP contribution is -2.48. The Morgan fingerprint density at radius 1 is 1.14 bits per heavy atom. The van der Waals surface area contributed by atoms with Crippen molar-refractivity contribution in [1.29, 1.82) is 0 Å². The van der Waals surface area contributed by atoms with Gasteiger partial charge in [0.05, 0.1) is 11.5 Å². The highest BCUT2D eigenvalue weighted by atomic mass is 32.2. The van der Waals surface area contributed by atoms with Gasteiger partial charge in [0.15, 0.2) is 9.84 Å². The standard InChI is InChI=1S/C19H25N5O3S/c1-14-6-8-15(9-7-14)19-20-22-23(21-19)12-18(25)24(16-4-2-3-5-16)17-10-11-28(26,27)13-17/h6-9,16-17H,2-5,10-13H2,1H3. The monoisotopic (exact) mass is 403 g/mol. The number of aromatic nitrogens is 4. The molecule has 2 aliphatic rings. The summed E-state index contributed by atoms with van der Waals surface area (Å²) in [7, 11) is -3.06. The minimum Gasteiger partial charge on any atom is -0.334 e. The van der Waals surface area contributed by atoms with E-state index in [1.165, 1.54) is 4.80 Å². The zero-order valence-electron chi connectivity index (χ0n) is 16.0. The Kier molecular flexibility index (Phi) is 5.18. The van der Waals surface area contributed by atoms with Crippen LogP contribution in [0.4, 0.5) is 0 Å². The highest BCUT2D eigenvalue weighted by Gasteiger charge is 2.39. The number of amides is 1. The smallest absolute Gasteiger partial charge is 0.246 e. The van der Waals surface area contributed by atoms with Crippen molar-refractivity contribution in [3.63, 3.8) is 0 Å². The third kappa shape index (κ3) is 4.09. The number of sulfone groups is 1. The van der Waals surface area contributed by atoms with Gasteiger partial charge in [-0.2, -0.15) is 4.80 Å². The Bertz CT molecular complexity index is 948. The summed E-state index contributed by atoms with van der Waals surface area (Å²) in [5, 5.41) is 12.4. The maximum absolute atomic E-state index is 13.1. The lowest BCUT2D eigenvalue weighted by Gasteiger charge is -2.33. The van der Waals surface area contributed by atoms with Gasteiger partial charge in [-0.15, -0.1) is 10.2 Å². The van der Waals surface area contributed by atoms with Crippen LogP contribution in [0.3, 0.4) is 0 Å². The summed E-state index contributed by atoms with van der Waals surface area (Å²) >= 11 is 0. The van der Waals surface area contributed by atoms with E-state index in [4.69, 9.17) is 0 Å². The van der Waals surface area contributed by atoms with Gasteiger partial charge in [0.2, 0.25) is 11.7 Å². The summed E-state index contributed by atoms with van der Waals surface area (Å²) in [6.45, 7) is 1.99. The molecule has 150 valence electrons. The van der Waals surface area contributed by atoms with Crippen molar-refractivity contribution in [2.24, 2.45) is 0 Å². The first kappa shape index (κ1) is 19.0. The van der Waals surface area contributed by atoms with E-state index in [1.54, 1.807) is 0 Å². The second-order valence-electron chi connectivity index (χ2n) is 7.81. The lowest BCUT2D eigenvalue weighted by atomic mass is 10.1. The first-order valence-corrected chi connectivity index (χ1v) is 11.6. The number of tetrazole rings is 1. The molecule has 1 saturated carbocycles. The molecule has 4 rings (SSSR count). The number of carbonyl (C=O) groups is 1. The molecule has 1 aromatic carbocycles. The van der Waals surface area contributed by atoms with Crippen LogP contribution >= 0.6 is 0 Å². The number of carbonyl (C=O) groups excluding carboxylic acids is 1. The second-order valence-corrected chi connectivity index (χ2v) is 10.0. The lowest BCUT2D eigenvalue weighted by molar-refractivity contribution is -0.136. The summed E-state index contributed by atoms with van der Waals surface area (Å²) < 4.78 is 23.9. The number of rotatable bonds is 5. The molecular formula is C19H25N5O3S. The minimum atomic E-state index is -3.06. The van der Waals surface area contributed by atoms with Gasteiger partial charge >= 0.3 is 0 Å². The Labute approximate surface area is 164 Å². The zero-order chi connectivity index (χ0) is 19.7. The molecule has 8 nitrogen and oxygen atoms in total. The van der Waals surface area contributed by atoms with Crippen LogP contribution in [-0.2, 0) is 21.2 Å². The van der Waals surface area contributed by atoms with Gasteiger partial charge < -0.3 is 4.90 Å². The van der Waals surface area contributed by atoms with Crippen LogP contribution in [0.25, 0.3) is 11.4 Å². The summed E-state index contributed by atoms with van der Waals surface area (Å²) in [6.07, 6.45) is 4.54. The molecule has 0 spiro atoms. The van der Waals surface area contributed by atoms with E-state index < -0.39 is 9.84 Å². The fraction of sp³-hybridized carbons (Fsp3) is 0.579. The van der Waals surface area contributed by atoms with Crippen LogP contribution in [0.5, 0.6) is 0 Å². The average molecular weight is 404 g/mol. The van der Waals surface area contributed by atoms with Crippen molar-refractivity contribution >= 4 is 15.7 Å². The first-order chi connectivity index (χ1) is 13.4. The van der Waals surface area contributed by atoms with Crippen LogP contribution in [0, 0.1) is 6.92 Å². The quantitative estimate of drug-likeness (QED) is 0.752. The Morgan fingerprint density at radius 2 is 1.86 bits per heavy atom. The van der Waals surface area contributed by atoms with Crippen LogP contribution < -0.4 is 0 Å². The van der Waals surface area contributed by atoms with E-state index in [-0.39, 0.29) is 36.0 Å². The van der Waals surface area contributed by atoms with Gasteiger partial charge in [-0.1, -0.05) is 42.7 Å². The molecule has 2 fully saturated rings. The predicted octanol–water partition coefficient (Wildman–Crippen LogP) is 1.61. The summed E-state index contributed by atoms with van der Waals surface area (Å²) in [5.74, 6) is 0.576. The van der Waals surface area contributed by atoms with Gasteiger partial charge in [0, 0.05) is 17.6 Å². The molecule has 1 unspecified atom stereocenters. The van der Waals surface area contributed by atoms with Gasteiger partial charge in [-0.05, 0) is 31.4 Å². The topological polar surface area (TPSA) is 98.0 Å². The first-order valence-electron chi connectivity index (χ1n) is 9.78. The second kappa shape index (κ2) is 7.62. The maximum Gasteiger partial charge on any atom is 0.246 e. The number of hydrogen-bond acceptors (Lipinski definition) is 6. The van der Waals surface area contributed by atoms with Crippen molar-refractivity contribution in [3.8, 4) is 11.4 Å². The molecule has 1 aliphatic heterocycles. The van der Waals surface area contributed by atoms with E-state index in [1.807, 2.05) is 36.1 Å². The van der Waals surface area contributed by atoms with Crippen LogP contribution in [0.1, 0.15) is 37.7 Å². The van der Waals surface area contributed by atoms with Gasteiger partial charge in [-0.3, -0.25) is 4.79 Å². The van der Waals surface area contributed by atoms with Crippen LogP contribution in [0.2, 0.25) is 0 Å². The highest BCUT2D eigenvalue weighted by Crippen LogP contribution is 2.29. The number of benzene rings is 1. The van der Waals surface area contributed by atoms with Crippen molar-refractivity contribution in [2.75, 3.05) is 11.5 Å². The van der Waals surface area contributed by atoms with Gasteiger partial charge in [0.1, 0.15) is 6.54 Å². The van der Waals surface area contributed by atoms with E-state index in [9.17, 15) is 13.2 Å². The van der Waals surface area contributed by atoms with E-state index >= 15 is 0 Å². The fourth-order valence-corrected chi connectivity index (χ4v) is 5.93. The summed E-state index contributed by atoms with van der Waals surface area (Å²) in [6, 6.07) is 7.68. The van der Waals surface area contributed by atoms with Crippen molar-refractivity contribution in [1.82, 2.24) is 25.1 Å². The summed E-state index contributed by atoms with van der Waals surface area (Å²) in [4.78, 5) is 16.2. The Morgan fingerprint density at radius 3 is 2.50 bits per heavy atom. The SMILES string of the molecule is Cc1ccc(-c2nnn(CC(=O)N(C3CCCC3)C3CCS(=O)(=O)C3)n2)cc1. The third-order valence-corrected chi connectivity index (χ3v) is 7.40. The molecule has 0 N–H and O–H groups in total. The highest BCUT2D eigenvalue weighted by molar-refractivity contribution is 7.91. The molecule has 1 aliphatic carbocycles. The van der Waals surface area contributed by atoms with Crippen molar-refractivity contribution in [2.45, 2.75) is 57.7 Å². The van der Waals surface area contributed by atoms with Crippen LogP contribution in [-0.4, -0.2) is 63.0 Å². The molecule has 9 heteroatoms. The van der Waals surface area contributed by atoms with Gasteiger partial charge in [-0.25, -0.2) is 8.42 Å². The van der Waals surface area contributed by atoms with Crippen molar-refractivity contribution < 1.29 is 13.2 Å². The van der Waals surface area contributed by atoms with E-state index in [0.717, 1.165) is 36.8 Å². The fourth-order valence-electron chi connectivity index (χ4n) is 4.21. The minimum absolute atomic E-state index is 0.0219. The molecule has 28 heavy (non-hydrogen) atoms. The molecule has 1 amide bonds. The normalized spacial score (nSPS) is 21.8. The molecule has 1 saturated heterocycles. The van der Waals surface area contributed by atoms with E-state index in [2.05, 4.69) is 15.4 Å². The predicted molar refractivity (Wildman–Crippen MR) is 104 cm³/mol. The third-order valence-electron chi connectivity index (χ3n) is 5.65. The molecular weight excluding hydrogens is 378 g/mol. The molecule has 0 bridgehead atoms. The molecule has 0 radical (unpaired) electrons. The van der Waals surface area contributed by atoms with E-state index in [0.29, 0.717) is 12.2 Å². The Balaban J connectivity index is 1.50. The zero-order valence-corrected chi connectivity index (χ0v) is 16.8. The molecule has 1 atom stereocenters. The number of nitrogens with zero attached hydrogens (tertiary/aromatic N) is 5. The number of hydrogen-bond donors (Lipinski definition) is 0. The molecule has 1 aromatic heterocycles. The Hall–Kier alpha value is -2.29. The molecule has 2 aromatic rings.